The number of fused-ring (bicyclic) bond motifs is 1. The van der Waals surface area contributed by atoms with Crippen molar-refractivity contribution in [3.63, 3.8) is 0 Å². The number of pyridine rings is 1. The summed E-state index contributed by atoms with van der Waals surface area (Å²) in [6.45, 7) is 1.74. The molecule has 0 aliphatic carbocycles. The van der Waals surface area contributed by atoms with Gasteiger partial charge in [0, 0.05) is 0 Å². The maximum absolute atomic E-state index is 14.7. The Balaban J connectivity index is 1.73. The van der Waals surface area contributed by atoms with E-state index in [9.17, 15) is 8.78 Å². The van der Waals surface area contributed by atoms with Crippen molar-refractivity contribution in [1.82, 2.24) is 10.3 Å². The van der Waals surface area contributed by atoms with E-state index in [0.717, 1.165) is 36.2 Å². The summed E-state index contributed by atoms with van der Waals surface area (Å²) < 4.78 is 34.4. The molecule has 2 aliphatic rings. The topological polar surface area (TPSA) is 37.3 Å². The molecule has 0 fully saturated rings. The third-order valence-electron chi connectivity index (χ3n) is 4.90. The van der Waals surface area contributed by atoms with Crippen LogP contribution in [0.15, 0.2) is 33.3 Å². The molecule has 1 atom stereocenters. The average molecular weight is 429 g/mol. The summed E-state index contributed by atoms with van der Waals surface area (Å²) in [5.74, 6) is -0.551. The predicted octanol–water partition coefficient (Wildman–Crippen LogP) is 3.77. The van der Waals surface area contributed by atoms with Gasteiger partial charge in [-0.1, -0.05) is 0 Å². The number of nitrogens with one attached hydrogen (secondary N) is 1. The van der Waals surface area contributed by atoms with Gasteiger partial charge in [-0.15, -0.1) is 0 Å². The SMILES string of the molecule is [CH3][In]1[N]=C(F)C[CH]1c1ccc2cc(C3=CCNCC3)cc(F)c2n1. The predicted molar refractivity (Wildman–Crippen MR) is 94.7 cm³/mol. The molecule has 2 aromatic rings. The van der Waals surface area contributed by atoms with E-state index in [-0.39, 0.29) is 15.5 Å². The number of halogens is 2. The van der Waals surface area contributed by atoms with E-state index in [2.05, 4.69) is 24.0 Å². The van der Waals surface area contributed by atoms with Crippen molar-refractivity contribution < 1.29 is 8.78 Å². The van der Waals surface area contributed by atoms with Gasteiger partial charge in [-0.05, 0) is 0 Å². The van der Waals surface area contributed by atoms with Crippen molar-refractivity contribution in [2.24, 2.45) is 2.98 Å². The van der Waals surface area contributed by atoms with E-state index in [1.165, 1.54) is 5.57 Å². The number of hydrogen-bond donors (Lipinski definition) is 1. The first-order valence-corrected chi connectivity index (χ1v) is 15.0. The van der Waals surface area contributed by atoms with Crippen LogP contribution in [-0.2, 0) is 0 Å². The van der Waals surface area contributed by atoms with Gasteiger partial charge in [0.2, 0.25) is 0 Å². The summed E-state index contributed by atoms with van der Waals surface area (Å²) in [5.41, 5.74) is 3.29. The van der Waals surface area contributed by atoms with Crippen LogP contribution < -0.4 is 5.32 Å². The molecule has 1 N–H and O–H groups in total. The summed E-state index contributed by atoms with van der Waals surface area (Å²) in [5, 5.41) is 4.07. The molecule has 0 radical (unpaired) electrons. The molecule has 3 heterocycles. The Morgan fingerprint density at radius 2 is 2.12 bits per heavy atom. The Morgan fingerprint density at radius 3 is 2.83 bits per heavy atom. The van der Waals surface area contributed by atoms with Gasteiger partial charge in [0.05, 0.1) is 0 Å². The third-order valence-corrected chi connectivity index (χ3v) is 11.8. The van der Waals surface area contributed by atoms with Crippen molar-refractivity contribution >= 4 is 44.2 Å². The molecule has 0 saturated heterocycles. The van der Waals surface area contributed by atoms with Crippen molar-refractivity contribution in [2.45, 2.75) is 21.2 Å². The second-order valence-corrected chi connectivity index (χ2v) is 13.8. The van der Waals surface area contributed by atoms with E-state index >= 15 is 0 Å². The molecular formula is C18H18F2InN3. The van der Waals surface area contributed by atoms with Crippen LogP contribution in [-0.4, -0.2) is 45.8 Å². The summed E-state index contributed by atoms with van der Waals surface area (Å²) in [4.78, 5) is 4.53. The zero-order valence-corrected chi connectivity index (χ0v) is 16.8. The van der Waals surface area contributed by atoms with E-state index in [1.807, 2.05) is 18.2 Å². The molecular weight excluding hydrogens is 411 g/mol. The van der Waals surface area contributed by atoms with Crippen LogP contribution in [0.25, 0.3) is 16.5 Å². The zero-order valence-electron chi connectivity index (χ0n) is 13.5. The molecule has 1 unspecified atom stereocenters. The normalized spacial score (nSPS) is 21.1. The fourth-order valence-corrected chi connectivity index (χ4v) is 9.10. The molecule has 0 bridgehead atoms. The van der Waals surface area contributed by atoms with Gasteiger partial charge in [0.25, 0.3) is 0 Å². The number of hydrogen-bond acceptors (Lipinski definition) is 3. The molecule has 3 nitrogen and oxygen atoms in total. The molecule has 1 aromatic heterocycles. The van der Waals surface area contributed by atoms with Gasteiger partial charge in [0.1, 0.15) is 0 Å². The molecule has 6 heteroatoms. The van der Waals surface area contributed by atoms with Gasteiger partial charge in [-0.25, -0.2) is 0 Å². The number of nitrogens with zero attached hydrogens (tertiary/aromatic N) is 2. The zero-order chi connectivity index (χ0) is 16.7. The van der Waals surface area contributed by atoms with Gasteiger partial charge in [-0.2, -0.15) is 0 Å². The van der Waals surface area contributed by atoms with E-state index < -0.39 is 21.7 Å². The van der Waals surface area contributed by atoms with Crippen LogP contribution in [0.1, 0.15) is 27.8 Å². The number of benzene rings is 1. The Labute approximate surface area is 147 Å². The molecule has 0 spiro atoms. The molecule has 4 rings (SSSR count). The average Bonchev–Trinajstić information content (AvgIpc) is 2.94. The van der Waals surface area contributed by atoms with Crippen molar-refractivity contribution in [1.29, 1.82) is 0 Å². The van der Waals surface area contributed by atoms with Gasteiger partial charge in [0.15, 0.2) is 0 Å². The van der Waals surface area contributed by atoms with Crippen LogP contribution in [0.3, 0.4) is 0 Å². The van der Waals surface area contributed by atoms with Crippen LogP contribution in [0.4, 0.5) is 8.78 Å². The number of rotatable bonds is 2. The van der Waals surface area contributed by atoms with E-state index in [4.69, 9.17) is 0 Å². The molecule has 24 heavy (non-hydrogen) atoms. The molecule has 122 valence electrons. The standard InChI is InChI=1S/C17H15F2N3.CH3.In/c18-15-10-13(11-5-7-21-8-6-11)9-12-1-2-14(22-17(12)15)3-4-16(19)20;;/h1-3,5,9-10,21H,4,6-8H2;1H3;/q-1;;+1. The minimum absolute atomic E-state index is 0.0994. The summed E-state index contributed by atoms with van der Waals surface area (Å²) in [6.07, 6.45) is 3.36. The number of aromatic nitrogens is 1. The second-order valence-electron chi connectivity index (χ2n) is 6.51. The van der Waals surface area contributed by atoms with E-state index in [0.29, 0.717) is 11.9 Å². The Bertz CT molecular complexity index is 863. The minimum atomic E-state index is -2.29. The van der Waals surface area contributed by atoms with Crippen LogP contribution in [0.5, 0.6) is 0 Å². The third kappa shape index (κ3) is 3.02. The monoisotopic (exact) mass is 429 g/mol. The van der Waals surface area contributed by atoms with Crippen molar-refractivity contribution in [2.75, 3.05) is 13.1 Å². The van der Waals surface area contributed by atoms with Crippen LogP contribution in [0.2, 0.25) is 4.68 Å². The fourth-order valence-electron chi connectivity index (χ4n) is 3.55. The van der Waals surface area contributed by atoms with Gasteiger partial charge in [-0.3, -0.25) is 0 Å². The molecule has 0 amide bonds. The second kappa shape index (κ2) is 6.56. The fraction of sp³-hybridized carbons (Fsp3) is 0.333. The quantitative estimate of drug-likeness (QED) is 0.790. The first-order chi connectivity index (χ1) is 11.6. The summed E-state index contributed by atoms with van der Waals surface area (Å²) in [6, 6.07) is 7.43. The molecule has 0 saturated carbocycles. The summed E-state index contributed by atoms with van der Waals surface area (Å²) >= 11 is -2.29. The maximum atomic E-state index is 14.7. The first kappa shape index (κ1) is 16.2. The van der Waals surface area contributed by atoms with Crippen molar-refractivity contribution in [3.05, 3.63) is 47.4 Å². The van der Waals surface area contributed by atoms with Gasteiger partial charge >= 0.3 is 148 Å². The van der Waals surface area contributed by atoms with Crippen molar-refractivity contribution in [3.8, 4) is 0 Å². The van der Waals surface area contributed by atoms with Crippen LogP contribution >= 0.6 is 0 Å². The molecule has 2 aliphatic heterocycles. The first-order valence-electron chi connectivity index (χ1n) is 8.34. The van der Waals surface area contributed by atoms with Crippen LogP contribution in [0, 0.1) is 5.82 Å². The Morgan fingerprint density at radius 1 is 1.25 bits per heavy atom. The summed E-state index contributed by atoms with van der Waals surface area (Å²) in [7, 11) is 0. The van der Waals surface area contributed by atoms with Gasteiger partial charge < -0.3 is 0 Å². The molecule has 1 aromatic carbocycles. The van der Waals surface area contributed by atoms with E-state index in [1.54, 1.807) is 6.07 Å². The Kier molecular flexibility index (Phi) is 4.43. The Hall–Kier alpha value is -1.27.